The summed E-state index contributed by atoms with van der Waals surface area (Å²) in [5, 5.41) is 4.21. The van der Waals surface area contributed by atoms with Gasteiger partial charge in [0.05, 0.1) is 11.1 Å². The maximum atomic E-state index is 6.29. The zero-order valence-corrected chi connectivity index (χ0v) is 12.3. The van der Waals surface area contributed by atoms with E-state index in [1.54, 1.807) is 12.4 Å². The third kappa shape index (κ3) is 3.14. The maximum absolute atomic E-state index is 6.29. The van der Waals surface area contributed by atoms with Crippen LogP contribution in [0, 0.1) is 13.8 Å². The molecule has 2 nitrogen and oxygen atoms in total. The minimum absolute atomic E-state index is 0.111. The molecule has 2 rings (SSSR count). The first-order chi connectivity index (χ1) is 9.13. The highest BCUT2D eigenvalue weighted by Gasteiger charge is 2.17. The quantitative estimate of drug-likeness (QED) is 0.910. The smallest absolute Gasteiger partial charge is 0.0640 e. The largest absolute Gasteiger partial charge is 0.306 e. The van der Waals surface area contributed by atoms with Crippen LogP contribution in [0.3, 0.4) is 0 Å². The van der Waals surface area contributed by atoms with Crippen molar-refractivity contribution in [3.63, 3.8) is 0 Å². The van der Waals surface area contributed by atoms with E-state index >= 15 is 0 Å². The summed E-state index contributed by atoms with van der Waals surface area (Å²) in [7, 11) is 0. The van der Waals surface area contributed by atoms with Gasteiger partial charge in [0.2, 0.25) is 0 Å². The standard InChI is InChI=1S/C16H19ClN2/c1-4-19-16(13-7-8-18-10-15(13)17)14-9-11(2)5-6-12(14)3/h5-10,16,19H,4H2,1-3H3. The Bertz CT molecular complexity index is 566. The molecule has 0 saturated carbocycles. The predicted octanol–water partition coefficient (Wildman–Crippen LogP) is 4.05. The van der Waals surface area contributed by atoms with Crippen molar-refractivity contribution < 1.29 is 0 Å². The van der Waals surface area contributed by atoms with E-state index in [4.69, 9.17) is 11.6 Å². The Morgan fingerprint density at radius 2 is 2.00 bits per heavy atom. The minimum Gasteiger partial charge on any atom is -0.306 e. The van der Waals surface area contributed by atoms with Gasteiger partial charge in [0.25, 0.3) is 0 Å². The predicted molar refractivity (Wildman–Crippen MR) is 80.7 cm³/mol. The van der Waals surface area contributed by atoms with Gasteiger partial charge in [0, 0.05) is 12.4 Å². The molecule has 0 bridgehead atoms. The summed E-state index contributed by atoms with van der Waals surface area (Å²) in [5.41, 5.74) is 4.88. The highest BCUT2D eigenvalue weighted by atomic mass is 35.5. The van der Waals surface area contributed by atoms with Gasteiger partial charge >= 0.3 is 0 Å². The summed E-state index contributed by atoms with van der Waals surface area (Å²) >= 11 is 6.29. The van der Waals surface area contributed by atoms with E-state index in [1.807, 2.05) is 6.07 Å². The van der Waals surface area contributed by atoms with Gasteiger partial charge in [-0.2, -0.15) is 0 Å². The molecule has 2 aromatic rings. The Balaban J connectivity index is 2.51. The van der Waals surface area contributed by atoms with E-state index in [2.05, 4.69) is 49.3 Å². The van der Waals surface area contributed by atoms with Gasteiger partial charge in [-0.3, -0.25) is 4.98 Å². The lowest BCUT2D eigenvalue weighted by Gasteiger charge is -2.22. The zero-order chi connectivity index (χ0) is 13.8. The van der Waals surface area contributed by atoms with Gasteiger partial charge in [-0.05, 0) is 43.1 Å². The van der Waals surface area contributed by atoms with E-state index in [0.717, 1.165) is 12.1 Å². The first-order valence-corrected chi connectivity index (χ1v) is 6.91. The lowest BCUT2D eigenvalue weighted by atomic mass is 9.94. The first-order valence-electron chi connectivity index (χ1n) is 6.53. The van der Waals surface area contributed by atoms with Crippen LogP contribution in [0.2, 0.25) is 5.02 Å². The number of hydrogen-bond acceptors (Lipinski definition) is 2. The number of rotatable bonds is 4. The Morgan fingerprint density at radius 1 is 1.21 bits per heavy atom. The summed E-state index contributed by atoms with van der Waals surface area (Å²) in [6, 6.07) is 8.61. The summed E-state index contributed by atoms with van der Waals surface area (Å²) in [6.45, 7) is 7.23. The van der Waals surface area contributed by atoms with Crippen molar-refractivity contribution in [2.75, 3.05) is 6.54 Å². The van der Waals surface area contributed by atoms with Crippen molar-refractivity contribution >= 4 is 11.6 Å². The molecule has 0 fully saturated rings. The summed E-state index contributed by atoms with van der Waals surface area (Å²) in [6.07, 6.45) is 3.49. The molecule has 1 atom stereocenters. The van der Waals surface area contributed by atoms with E-state index in [0.29, 0.717) is 5.02 Å². The van der Waals surface area contributed by atoms with Crippen molar-refractivity contribution in [1.82, 2.24) is 10.3 Å². The van der Waals surface area contributed by atoms with Crippen molar-refractivity contribution in [3.8, 4) is 0 Å². The molecule has 0 saturated heterocycles. The fraction of sp³-hybridized carbons (Fsp3) is 0.312. The van der Waals surface area contributed by atoms with Crippen LogP contribution in [-0.4, -0.2) is 11.5 Å². The Kier molecular flexibility index (Phi) is 4.56. The van der Waals surface area contributed by atoms with Gasteiger partial charge in [0.15, 0.2) is 0 Å². The second kappa shape index (κ2) is 6.18. The monoisotopic (exact) mass is 274 g/mol. The van der Waals surface area contributed by atoms with E-state index in [9.17, 15) is 0 Å². The minimum atomic E-state index is 0.111. The normalized spacial score (nSPS) is 12.4. The van der Waals surface area contributed by atoms with Gasteiger partial charge in [-0.15, -0.1) is 0 Å². The van der Waals surface area contributed by atoms with Crippen LogP contribution in [0.25, 0.3) is 0 Å². The molecule has 0 aliphatic rings. The number of nitrogens with one attached hydrogen (secondary N) is 1. The fourth-order valence-corrected chi connectivity index (χ4v) is 2.51. The van der Waals surface area contributed by atoms with E-state index < -0.39 is 0 Å². The Morgan fingerprint density at radius 3 is 2.68 bits per heavy atom. The molecule has 0 aliphatic carbocycles. The molecule has 3 heteroatoms. The highest BCUT2D eigenvalue weighted by Crippen LogP contribution is 2.30. The van der Waals surface area contributed by atoms with Crippen LogP contribution in [0.15, 0.2) is 36.7 Å². The fourth-order valence-electron chi connectivity index (χ4n) is 2.28. The van der Waals surface area contributed by atoms with Crippen LogP contribution in [0.5, 0.6) is 0 Å². The average molecular weight is 275 g/mol. The molecular formula is C16H19ClN2. The molecule has 1 aromatic heterocycles. The third-order valence-corrected chi connectivity index (χ3v) is 3.58. The first kappa shape index (κ1) is 14.0. The number of halogens is 1. The Labute approximate surface area is 119 Å². The molecule has 100 valence electrons. The third-order valence-electron chi connectivity index (χ3n) is 3.27. The summed E-state index contributed by atoms with van der Waals surface area (Å²) < 4.78 is 0. The SMILES string of the molecule is CCNC(c1cc(C)ccc1C)c1ccncc1Cl. The van der Waals surface area contributed by atoms with Crippen molar-refractivity contribution in [2.45, 2.75) is 26.8 Å². The summed E-state index contributed by atoms with van der Waals surface area (Å²) in [5.74, 6) is 0. The molecule has 0 amide bonds. The second-order valence-electron chi connectivity index (χ2n) is 4.75. The number of benzene rings is 1. The van der Waals surface area contributed by atoms with E-state index in [1.165, 1.54) is 16.7 Å². The van der Waals surface area contributed by atoms with Crippen LogP contribution >= 0.6 is 11.6 Å². The van der Waals surface area contributed by atoms with Crippen LogP contribution in [-0.2, 0) is 0 Å². The van der Waals surface area contributed by atoms with Gasteiger partial charge < -0.3 is 5.32 Å². The topological polar surface area (TPSA) is 24.9 Å². The van der Waals surface area contributed by atoms with Crippen LogP contribution in [0.4, 0.5) is 0 Å². The van der Waals surface area contributed by atoms with Crippen molar-refractivity contribution in [1.29, 1.82) is 0 Å². The lowest BCUT2D eigenvalue weighted by Crippen LogP contribution is -2.23. The summed E-state index contributed by atoms with van der Waals surface area (Å²) in [4.78, 5) is 4.06. The highest BCUT2D eigenvalue weighted by molar-refractivity contribution is 6.31. The molecule has 19 heavy (non-hydrogen) atoms. The molecule has 1 N–H and O–H groups in total. The van der Waals surface area contributed by atoms with Crippen molar-refractivity contribution in [3.05, 3.63) is 63.9 Å². The number of hydrogen-bond donors (Lipinski definition) is 1. The van der Waals surface area contributed by atoms with Gasteiger partial charge in [-0.1, -0.05) is 42.3 Å². The Hall–Kier alpha value is -1.38. The van der Waals surface area contributed by atoms with Crippen LogP contribution in [0.1, 0.15) is 35.2 Å². The maximum Gasteiger partial charge on any atom is 0.0640 e. The van der Waals surface area contributed by atoms with Crippen LogP contribution < -0.4 is 5.32 Å². The molecule has 1 heterocycles. The van der Waals surface area contributed by atoms with E-state index in [-0.39, 0.29) is 6.04 Å². The number of aromatic nitrogens is 1. The van der Waals surface area contributed by atoms with Gasteiger partial charge in [-0.25, -0.2) is 0 Å². The number of aryl methyl sites for hydroxylation is 2. The second-order valence-corrected chi connectivity index (χ2v) is 5.16. The lowest BCUT2D eigenvalue weighted by molar-refractivity contribution is 0.627. The van der Waals surface area contributed by atoms with Gasteiger partial charge in [0.1, 0.15) is 0 Å². The molecular weight excluding hydrogens is 256 g/mol. The molecule has 1 aromatic carbocycles. The van der Waals surface area contributed by atoms with Crippen molar-refractivity contribution in [2.24, 2.45) is 0 Å². The zero-order valence-electron chi connectivity index (χ0n) is 11.6. The number of pyridine rings is 1. The average Bonchev–Trinajstić information content (AvgIpc) is 2.40. The molecule has 0 aliphatic heterocycles. The molecule has 0 spiro atoms. The molecule has 1 unspecified atom stereocenters. The number of nitrogens with zero attached hydrogens (tertiary/aromatic N) is 1. The molecule has 0 radical (unpaired) electrons.